The van der Waals surface area contributed by atoms with E-state index < -0.39 is 0 Å². The summed E-state index contributed by atoms with van der Waals surface area (Å²) in [5, 5.41) is 0. The Morgan fingerprint density at radius 2 is 1.25 bits per heavy atom. The molecule has 0 radical (unpaired) electrons. The summed E-state index contributed by atoms with van der Waals surface area (Å²) in [6.07, 6.45) is 0. The van der Waals surface area contributed by atoms with Gasteiger partial charge in [-0.3, -0.25) is 0 Å². The first-order valence-corrected chi connectivity index (χ1v) is 0. The Labute approximate surface area is 88.0 Å². The van der Waals surface area contributed by atoms with Gasteiger partial charge in [0, 0.05) is 19.5 Å². The van der Waals surface area contributed by atoms with Crippen LogP contribution in [-0.4, -0.2) is 37.7 Å². The van der Waals surface area contributed by atoms with E-state index in [-0.39, 0.29) is 89.5 Å². The van der Waals surface area contributed by atoms with E-state index in [0.717, 1.165) is 0 Å². The maximum Gasteiger partial charge on any atom is 2.00 e. The molecule has 0 unspecified atom stereocenters. The monoisotopic (exact) mass is 222 g/mol. The standard InChI is InChI=1S/BrH.Ca.ClH.Zn.2H/h1H;;1H;;;/q;+2;;;2*-1. The first kappa shape index (κ1) is 30.2. The summed E-state index contributed by atoms with van der Waals surface area (Å²) in [7, 11) is 0. The maximum atomic E-state index is 0. The van der Waals surface area contributed by atoms with Crippen molar-refractivity contribution in [3.05, 3.63) is 0 Å². The zero-order valence-electron chi connectivity index (χ0n) is 4.23. The Morgan fingerprint density at radius 3 is 1.25 bits per heavy atom. The Hall–Kier alpha value is 2.65. The first-order valence-electron chi connectivity index (χ1n) is 0. The van der Waals surface area contributed by atoms with Crippen molar-refractivity contribution in [3.63, 3.8) is 0 Å². The van der Waals surface area contributed by atoms with Crippen LogP contribution in [-0.2, 0) is 19.5 Å². The zero-order chi connectivity index (χ0) is 0. The van der Waals surface area contributed by atoms with Gasteiger partial charge in [0.1, 0.15) is 0 Å². The van der Waals surface area contributed by atoms with Crippen molar-refractivity contribution >= 4 is 67.1 Å². The van der Waals surface area contributed by atoms with E-state index in [2.05, 4.69) is 0 Å². The van der Waals surface area contributed by atoms with E-state index in [1.807, 2.05) is 0 Å². The third-order valence-corrected chi connectivity index (χ3v) is 0. The fraction of sp³-hybridized carbons (Fsp3) is 0. The molecule has 0 fully saturated rings. The van der Waals surface area contributed by atoms with Crippen LogP contribution in [0.5, 0.6) is 0 Å². The van der Waals surface area contributed by atoms with Crippen molar-refractivity contribution in [1.82, 2.24) is 0 Å². The average molecular weight is 225 g/mol. The molecule has 4 heavy (non-hydrogen) atoms. The molecule has 0 spiro atoms. The molecule has 0 heterocycles. The van der Waals surface area contributed by atoms with Gasteiger partial charge in [-0.25, -0.2) is 0 Å². The first-order chi connectivity index (χ1) is 0. The number of rotatable bonds is 0. The van der Waals surface area contributed by atoms with Crippen molar-refractivity contribution < 1.29 is 22.3 Å². The minimum absolute atomic E-state index is 0. The van der Waals surface area contributed by atoms with E-state index in [1.54, 1.807) is 0 Å². The van der Waals surface area contributed by atoms with Crippen LogP contribution >= 0.6 is 29.4 Å². The second kappa shape index (κ2) is 17.4. The van der Waals surface area contributed by atoms with Crippen LogP contribution in [0.25, 0.3) is 0 Å². The van der Waals surface area contributed by atoms with Gasteiger partial charge in [0.25, 0.3) is 0 Å². The van der Waals surface area contributed by atoms with Crippen molar-refractivity contribution in [2.24, 2.45) is 0 Å². The molecule has 0 nitrogen and oxygen atoms in total. The largest absolute Gasteiger partial charge is 2.00 e. The quantitative estimate of drug-likeness (QED) is 0.536. The van der Waals surface area contributed by atoms with Gasteiger partial charge in [-0.1, -0.05) is 0 Å². The molecule has 0 saturated carbocycles. The molecular formula is H4BrCaClZn. The van der Waals surface area contributed by atoms with Crippen LogP contribution in [0, 0.1) is 0 Å². The van der Waals surface area contributed by atoms with E-state index in [1.165, 1.54) is 0 Å². The topological polar surface area (TPSA) is 0 Å². The van der Waals surface area contributed by atoms with E-state index in [9.17, 15) is 0 Å². The predicted molar refractivity (Wildman–Crippen MR) is 25.5 cm³/mol. The van der Waals surface area contributed by atoms with E-state index >= 15 is 0 Å². The van der Waals surface area contributed by atoms with Gasteiger partial charge in [-0.05, 0) is 0 Å². The number of hydrogen-bond acceptors (Lipinski definition) is 0. The molecule has 0 aromatic rings. The maximum absolute atomic E-state index is 0. The van der Waals surface area contributed by atoms with Crippen molar-refractivity contribution in [2.75, 3.05) is 0 Å². The Bertz CT molecular complexity index is 13.5. The Balaban J connectivity index is 0. The number of halogens is 2. The summed E-state index contributed by atoms with van der Waals surface area (Å²) in [6.45, 7) is 0. The SMILES string of the molecule is Br.Cl.[Ca+2].[H-].[H-].[Zn]. The van der Waals surface area contributed by atoms with Crippen molar-refractivity contribution in [3.8, 4) is 0 Å². The van der Waals surface area contributed by atoms with Crippen LogP contribution in [0.2, 0.25) is 0 Å². The molecular weight excluding hydrogens is 221 g/mol. The second-order valence-corrected chi connectivity index (χ2v) is 0. The van der Waals surface area contributed by atoms with Crippen molar-refractivity contribution in [1.29, 1.82) is 0 Å². The number of hydrogen-bond donors (Lipinski definition) is 0. The molecule has 22 valence electrons. The second-order valence-electron chi connectivity index (χ2n) is 0. The minimum atomic E-state index is 0. The molecule has 0 amide bonds. The third-order valence-electron chi connectivity index (χ3n) is 0. The molecule has 0 N–H and O–H groups in total. The molecule has 0 aromatic carbocycles. The van der Waals surface area contributed by atoms with Crippen molar-refractivity contribution in [2.45, 2.75) is 0 Å². The van der Waals surface area contributed by atoms with Crippen LogP contribution in [0.15, 0.2) is 0 Å². The predicted octanol–water partition coefficient (Wildman–Crippen LogP) is 0.841. The van der Waals surface area contributed by atoms with Crippen LogP contribution in [0.4, 0.5) is 0 Å². The summed E-state index contributed by atoms with van der Waals surface area (Å²) < 4.78 is 0. The fourth-order valence-electron chi connectivity index (χ4n) is 0. The molecule has 0 atom stereocenters. The molecule has 0 aliphatic heterocycles. The smallest absolute Gasteiger partial charge is 1.00 e. The van der Waals surface area contributed by atoms with E-state index in [4.69, 9.17) is 0 Å². The minimum Gasteiger partial charge on any atom is -1.00 e. The van der Waals surface area contributed by atoms with Gasteiger partial charge in [-0.15, -0.1) is 29.4 Å². The molecule has 0 rings (SSSR count). The summed E-state index contributed by atoms with van der Waals surface area (Å²) in [6, 6.07) is 0. The normalized spacial score (nSPS) is 0. The summed E-state index contributed by atoms with van der Waals surface area (Å²) in [5.41, 5.74) is 0. The van der Waals surface area contributed by atoms with Gasteiger partial charge in [0.05, 0.1) is 0 Å². The van der Waals surface area contributed by atoms with Gasteiger partial charge < -0.3 is 2.85 Å². The molecule has 0 aliphatic carbocycles. The van der Waals surface area contributed by atoms with Gasteiger partial charge in [-0.2, -0.15) is 0 Å². The summed E-state index contributed by atoms with van der Waals surface area (Å²) in [5.74, 6) is 0. The van der Waals surface area contributed by atoms with Crippen LogP contribution < -0.4 is 0 Å². The van der Waals surface area contributed by atoms with Crippen LogP contribution in [0.1, 0.15) is 2.85 Å². The zero-order valence-corrected chi connectivity index (χ0v) is 9.94. The Kier molecular flexibility index (Phi) is 131. The van der Waals surface area contributed by atoms with Gasteiger partial charge in [0.2, 0.25) is 0 Å². The Morgan fingerprint density at radius 1 is 1.25 bits per heavy atom. The van der Waals surface area contributed by atoms with Crippen LogP contribution in [0.3, 0.4) is 0 Å². The summed E-state index contributed by atoms with van der Waals surface area (Å²) in [4.78, 5) is 0. The average Bonchev–Trinajstić information content (AvgIpc) is 0. The molecule has 0 aliphatic rings. The van der Waals surface area contributed by atoms with E-state index in [0.29, 0.717) is 0 Å². The molecule has 0 aromatic heterocycles. The van der Waals surface area contributed by atoms with Gasteiger partial charge in [0.15, 0.2) is 0 Å². The summed E-state index contributed by atoms with van der Waals surface area (Å²) >= 11 is 0. The van der Waals surface area contributed by atoms with Gasteiger partial charge >= 0.3 is 37.7 Å². The third kappa shape index (κ3) is 8.82. The molecule has 0 bridgehead atoms. The fourth-order valence-corrected chi connectivity index (χ4v) is 0. The molecule has 4 heteroatoms. The molecule has 0 saturated heterocycles.